The number of hydrogen-bond acceptors (Lipinski definition) is 5. The minimum atomic E-state index is 0.262. The molecular weight excluding hydrogens is 484 g/mol. The van der Waals surface area contributed by atoms with Crippen molar-refractivity contribution in [3.8, 4) is 11.5 Å². The summed E-state index contributed by atoms with van der Waals surface area (Å²) in [6.45, 7) is 16.7. The lowest BCUT2D eigenvalue weighted by Gasteiger charge is -2.05. The Morgan fingerprint density at radius 1 is 0.676 bits per heavy atom. The fraction of sp³-hybridized carbons (Fsp3) is 0.290. The molecule has 0 saturated carbocycles. The van der Waals surface area contributed by atoms with Gasteiger partial charge in [0.05, 0.1) is 26.2 Å². The molecule has 0 atom stereocenters. The van der Waals surface area contributed by atoms with Gasteiger partial charge in [0.25, 0.3) is 0 Å². The topological polar surface area (TPSA) is 46.2 Å². The Hall–Kier alpha value is -3.35. The van der Waals surface area contributed by atoms with E-state index in [2.05, 4.69) is 37.4 Å². The molecule has 0 spiro atoms. The van der Waals surface area contributed by atoms with Crippen LogP contribution in [0, 0.1) is 0 Å². The van der Waals surface area contributed by atoms with Gasteiger partial charge in [0, 0.05) is 11.8 Å². The van der Waals surface area contributed by atoms with Crippen LogP contribution in [0.2, 0.25) is 0 Å². The van der Waals surface area contributed by atoms with Gasteiger partial charge in [0.15, 0.2) is 16.6 Å². The van der Waals surface area contributed by atoms with E-state index in [0.717, 1.165) is 28.8 Å². The zero-order chi connectivity index (χ0) is 27.6. The third-order valence-electron chi connectivity index (χ3n) is 4.14. The van der Waals surface area contributed by atoms with E-state index in [1.807, 2.05) is 82.3 Å². The Kier molecular flexibility index (Phi) is 22.1. The van der Waals surface area contributed by atoms with E-state index in [9.17, 15) is 0 Å². The molecule has 3 rings (SSSR count). The molecule has 0 aliphatic heterocycles. The highest BCUT2D eigenvalue weighted by molar-refractivity contribution is 7.78. The molecule has 0 N–H and O–H groups in total. The first-order valence-electron chi connectivity index (χ1n) is 12.4. The van der Waals surface area contributed by atoms with Crippen LogP contribution >= 0.6 is 0 Å². The molecule has 3 aromatic carbocycles. The highest BCUT2D eigenvalue weighted by Crippen LogP contribution is 2.19. The molecule has 5 nitrogen and oxygen atoms in total. The molecule has 0 amide bonds. The highest BCUT2D eigenvalue weighted by atomic mass is 32.2. The standard InChI is InChI=1S/C17H18O3S.C10H12O2.2C2H6/c1-3-19-12-13-20-15-6-10-17(11-7-15)21-16-8-4-14(18-2)5-9-16;1-2-11-9-12-8-10-6-4-3-5-7-10;2*1-2/h3-11H,1,12-13H2,2H3;2-7H,1,8-9H2;2*1-2H3/p+1. The van der Waals surface area contributed by atoms with Crippen molar-refractivity contribution < 1.29 is 23.7 Å². The van der Waals surface area contributed by atoms with Gasteiger partial charge in [-0.15, -0.1) is 0 Å². The van der Waals surface area contributed by atoms with Gasteiger partial charge in [-0.2, -0.15) is 0 Å². The first kappa shape index (κ1) is 33.7. The molecule has 0 bridgehead atoms. The van der Waals surface area contributed by atoms with Crippen molar-refractivity contribution in [2.24, 2.45) is 0 Å². The average Bonchev–Trinajstić information content (AvgIpc) is 2.98. The Morgan fingerprint density at radius 2 is 1.22 bits per heavy atom. The van der Waals surface area contributed by atoms with Crippen molar-refractivity contribution in [3.63, 3.8) is 0 Å². The van der Waals surface area contributed by atoms with E-state index in [4.69, 9.17) is 23.7 Å². The molecular formula is C31H43O5S+. The molecule has 0 fully saturated rings. The van der Waals surface area contributed by atoms with E-state index in [0.29, 0.717) is 19.8 Å². The second-order valence-electron chi connectivity index (χ2n) is 6.47. The summed E-state index contributed by atoms with van der Waals surface area (Å²) in [6.07, 6.45) is 2.78. The van der Waals surface area contributed by atoms with Crippen LogP contribution < -0.4 is 9.47 Å². The van der Waals surface area contributed by atoms with E-state index in [1.165, 1.54) is 22.3 Å². The Morgan fingerprint density at radius 3 is 1.73 bits per heavy atom. The van der Waals surface area contributed by atoms with Crippen molar-refractivity contribution in [2.45, 2.75) is 44.1 Å². The van der Waals surface area contributed by atoms with Crippen LogP contribution in [0.1, 0.15) is 33.3 Å². The van der Waals surface area contributed by atoms with Crippen LogP contribution in [0.15, 0.2) is 114 Å². The van der Waals surface area contributed by atoms with E-state index < -0.39 is 0 Å². The van der Waals surface area contributed by atoms with Crippen LogP contribution in [0.5, 0.6) is 11.5 Å². The normalized spacial score (nSPS) is 9.00. The molecule has 3 aromatic rings. The Bertz CT molecular complexity index is 913. The second-order valence-corrected chi connectivity index (χ2v) is 7.73. The van der Waals surface area contributed by atoms with Gasteiger partial charge in [-0.1, -0.05) is 71.2 Å². The smallest absolute Gasteiger partial charge is 0.188 e. The summed E-state index contributed by atoms with van der Waals surface area (Å²) in [7, 11) is 1.67. The van der Waals surface area contributed by atoms with Crippen molar-refractivity contribution in [2.75, 3.05) is 27.1 Å². The maximum Gasteiger partial charge on any atom is 0.188 e. The van der Waals surface area contributed by atoms with Crippen molar-refractivity contribution in [1.29, 1.82) is 0 Å². The summed E-state index contributed by atoms with van der Waals surface area (Å²) in [6, 6.07) is 26.1. The van der Waals surface area contributed by atoms with Crippen LogP contribution in [-0.2, 0) is 32.6 Å². The predicted octanol–water partition coefficient (Wildman–Crippen LogP) is 7.84. The lowest BCUT2D eigenvalue weighted by molar-refractivity contribution is -0.0202. The van der Waals surface area contributed by atoms with Crippen LogP contribution in [0.25, 0.3) is 0 Å². The van der Waals surface area contributed by atoms with Gasteiger partial charge < -0.3 is 23.7 Å². The largest absolute Gasteiger partial charge is 0.498 e. The maximum atomic E-state index is 5.55. The van der Waals surface area contributed by atoms with Gasteiger partial charge >= 0.3 is 0 Å². The van der Waals surface area contributed by atoms with Gasteiger partial charge in [0.2, 0.25) is 0 Å². The van der Waals surface area contributed by atoms with Crippen molar-refractivity contribution in [3.05, 3.63) is 110 Å². The summed E-state index contributed by atoms with van der Waals surface area (Å²) in [4.78, 5) is 2.44. The van der Waals surface area contributed by atoms with Crippen molar-refractivity contribution in [1.82, 2.24) is 0 Å². The van der Waals surface area contributed by atoms with E-state index >= 15 is 0 Å². The van der Waals surface area contributed by atoms with E-state index in [-0.39, 0.29) is 6.79 Å². The fourth-order valence-electron chi connectivity index (χ4n) is 2.54. The second kappa shape index (κ2) is 24.3. The Balaban J connectivity index is 0.000000688. The Labute approximate surface area is 228 Å². The lowest BCUT2D eigenvalue weighted by atomic mass is 10.2. The summed E-state index contributed by atoms with van der Waals surface area (Å²) in [5, 5.41) is 0. The number of thiol groups is 1. The molecule has 0 unspecified atom stereocenters. The van der Waals surface area contributed by atoms with Crippen LogP contribution in [0.4, 0.5) is 0 Å². The summed E-state index contributed by atoms with van der Waals surface area (Å²) >= 11 is 1.16. The highest BCUT2D eigenvalue weighted by Gasteiger charge is 2.07. The molecule has 0 aromatic heterocycles. The number of ether oxygens (including phenoxy) is 5. The molecule has 0 aliphatic carbocycles. The maximum absolute atomic E-state index is 5.55. The minimum absolute atomic E-state index is 0.262. The van der Waals surface area contributed by atoms with Gasteiger partial charge in [-0.25, -0.2) is 0 Å². The molecule has 202 valence electrons. The van der Waals surface area contributed by atoms with Crippen LogP contribution in [-0.4, -0.2) is 27.1 Å². The molecule has 6 heteroatoms. The van der Waals surface area contributed by atoms with Crippen molar-refractivity contribution >= 4 is 11.8 Å². The summed E-state index contributed by atoms with van der Waals surface area (Å²) < 4.78 is 25.7. The molecule has 0 heterocycles. The minimum Gasteiger partial charge on any atom is -0.498 e. The molecule has 0 saturated heterocycles. The SMILES string of the molecule is C=COCCOc1ccc([SH+]c2ccc(OC)cc2)cc1.C=COCOCc1ccccc1.CC.CC. The first-order valence-corrected chi connectivity index (χ1v) is 13.3. The number of hydrogen-bond donors (Lipinski definition) is 0. The zero-order valence-corrected chi connectivity index (χ0v) is 23.8. The van der Waals surface area contributed by atoms with E-state index in [1.54, 1.807) is 7.11 Å². The number of benzene rings is 3. The zero-order valence-electron chi connectivity index (χ0n) is 22.9. The lowest BCUT2D eigenvalue weighted by Crippen LogP contribution is -2.03. The molecule has 37 heavy (non-hydrogen) atoms. The number of methoxy groups -OCH3 is 1. The monoisotopic (exact) mass is 527 g/mol. The molecule has 0 aliphatic rings. The van der Waals surface area contributed by atoms with Crippen LogP contribution in [0.3, 0.4) is 0 Å². The summed E-state index contributed by atoms with van der Waals surface area (Å²) in [5.74, 6) is 1.72. The third-order valence-corrected chi connectivity index (χ3v) is 5.25. The van der Waals surface area contributed by atoms with Gasteiger partial charge in [-0.05, 0) is 54.1 Å². The van der Waals surface area contributed by atoms with Gasteiger partial charge in [-0.3, -0.25) is 0 Å². The molecule has 0 radical (unpaired) electrons. The summed E-state index contributed by atoms with van der Waals surface area (Å²) in [5.41, 5.74) is 1.14. The predicted molar refractivity (Wildman–Crippen MR) is 156 cm³/mol. The number of rotatable bonds is 13. The quantitative estimate of drug-likeness (QED) is 0.0745. The fourth-order valence-corrected chi connectivity index (χ4v) is 3.44. The third kappa shape index (κ3) is 16.9. The van der Waals surface area contributed by atoms with Gasteiger partial charge in [0.1, 0.15) is 24.7 Å². The first-order chi connectivity index (χ1) is 18.2. The average molecular weight is 528 g/mol.